The van der Waals surface area contributed by atoms with E-state index in [0.717, 1.165) is 43.5 Å². The number of guanidine groups is 1. The number of nitrogens with one attached hydrogen (secondary N) is 2. The van der Waals surface area contributed by atoms with Crippen molar-refractivity contribution in [1.82, 2.24) is 15.5 Å². The molecule has 1 heterocycles. The van der Waals surface area contributed by atoms with Gasteiger partial charge in [0.1, 0.15) is 0 Å². The minimum absolute atomic E-state index is 0.137. The van der Waals surface area contributed by atoms with Crippen molar-refractivity contribution in [3.8, 4) is 0 Å². The van der Waals surface area contributed by atoms with Gasteiger partial charge in [0, 0.05) is 50.6 Å². The standard InChI is InChI=1S/C22H33ClN4O/c1-24-20(28)14-17-8-12-27(13-9-17)21(25-2)26-16-22(10-3-4-11-22)18-6-5-7-19(23)15-18/h5-7,15,17H,3-4,8-14,16H2,1-2H3,(H,24,28)(H,25,26). The van der Waals surface area contributed by atoms with Gasteiger partial charge in [0.05, 0.1) is 0 Å². The van der Waals surface area contributed by atoms with E-state index in [0.29, 0.717) is 12.3 Å². The number of piperidine rings is 1. The molecule has 0 spiro atoms. The lowest BCUT2D eigenvalue weighted by Crippen LogP contribution is -2.49. The van der Waals surface area contributed by atoms with Crippen LogP contribution in [0.1, 0.15) is 50.5 Å². The number of likely N-dealkylation sites (tertiary alicyclic amines) is 1. The van der Waals surface area contributed by atoms with Gasteiger partial charge in [-0.1, -0.05) is 36.6 Å². The van der Waals surface area contributed by atoms with Gasteiger partial charge in [-0.2, -0.15) is 0 Å². The third-order valence-corrected chi connectivity index (χ3v) is 6.70. The van der Waals surface area contributed by atoms with E-state index in [4.69, 9.17) is 11.6 Å². The molecule has 1 aromatic rings. The highest BCUT2D eigenvalue weighted by molar-refractivity contribution is 6.30. The third-order valence-electron chi connectivity index (χ3n) is 6.46. The Bertz CT molecular complexity index is 692. The molecule has 0 bridgehead atoms. The van der Waals surface area contributed by atoms with Crippen LogP contribution in [0.2, 0.25) is 5.02 Å². The second-order valence-electron chi connectivity index (χ2n) is 8.21. The number of halogens is 1. The Kier molecular flexibility index (Phi) is 7.22. The summed E-state index contributed by atoms with van der Waals surface area (Å²) in [6.07, 6.45) is 7.60. The first-order valence-electron chi connectivity index (χ1n) is 10.5. The van der Waals surface area contributed by atoms with Crippen LogP contribution < -0.4 is 10.6 Å². The van der Waals surface area contributed by atoms with E-state index >= 15 is 0 Å². The van der Waals surface area contributed by atoms with Gasteiger partial charge in [-0.3, -0.25) is 9.79 Å². The molecule has 6 heteroatoms. The smallest absolute Gasteiger partial charge is 0.220 e. The highest BCUT2D eigenvalue weighted by Crippen LogP contribution is 2.41. The van der Waals surface area contributed by atoms with Crippen LogP contribution in [0.25, 0.3) is 0 Å². The number of hydrogen-bond acceptors (Lipinski definition) is 2. The van der Waals surface area contributed by atoms with Gasteiger partial charge in [0.2, 0.25) is 5.91 Å². The molecule has 1 aromatic carbocycles. The number of carbonyl (C=O) groups excluding carboxylic acids is 1. The van der Waals surface area contributed by atoms with Crippen LogP contribution in [0.15, 0.2) is 29.3 Å². The van der Waals surface area contributed by atoms with Crippen molar-refractivity contribution in [2.45, 2.75) is 50.4 Å². The number of nitrogens with zero attached hydrogens (tertiary/aromatic N) is 2. The number of amides is 1. The number of rotatable bonds is 5. The molecule has 2 aliphatic rings. The molecule has 28 heavy (non-hydrogen) atoms. The number of hydrogen-bond donors (Lipinski definition) is 2. The zero-order valence-corrected chi connectivity index (χ0v) is 17.9. The fraction of sp³-hybridized carbons (Fsp3) is 0.636. The van der Waals surface area contributed by atoms with Crippen LogP contribution in [-0.2, 0) is 10.2 Å². The van der Waals surface area contributed by atoms with Gasteiger partial charge in [-0.15, -0.1) is 0 Å². The molecular weight excluding hydrogens is 372 g/mol. The minimum atomic E-state index is 0.137. The Hall–Kier alpha value is -1.75. The van der Waals surface area contributed by atoms with Crippen LogP contribution >= 0.6 is 11.6 Å². The average molecular weight is 405 g/mol. The summed E-state index contributed by atoms with van der Waals surface area (Å²) in [5.74, 6) is 1.60. The van der Waals surface area contributed by atoms with E-state index < -0.39 is 0 Å². The molecule has 2 N–H and O–H groups in total. The molecule has 1 amide bonds. The Balaban J connectivity index is 1.60. The monoisotopic (exact) mass is 404 g/mol. The topological polar surface area (TPSA) is 56.7 Å². The number of benzene rings is 1. The number of aliphatic imine (C=N–C) groups is 1. The van der Waals surface area contributed by atoms with E-state index in [2.05, 4.69) is 38.7 Å². The summed E-state index contributed by atoms with van der Waals surface area (Å²) in [6.45, 7) is 2.79. The molecule has 0 unspecified atom stereocenters. The van der Waals surface area contributed by atoms with Crippen LogP contribution in [0, 0.1) is 5.92 Å². The SMILES string of the molecule is CN=C(NCC1(c2cccc(Cl)c2)CCCC1)N1CCC(CC(=O)NC)CC1. The first-order chi connectivity index (χ1) is 13.6. The molecule has 1 saturated carbocycles. The maximum Gasteiger partial charge on any atom is 0.220 e. The summed E-state index contributed by atoms with van der Waals surface area (Å²) >= 11 is 6.28. The Morgan fingerprint density at radius 1 is 1.29 bits per heavy atom. The Morgan fingerprint density at radius 2 is 2.00 bits per heavy atom. The van der Waals surface area contributed by atoms with Gasteiger partial charge in [0.15, 0.2) is 5.96 Å². The summed E-state index contributed by atoms with van der Waals surface area (Å²) < 4.78 is 0. The zero-order valence-electron chi connectivity index (χ0n) is 17.1. The van der Waals surface area contributed by atoms with E-state index in [1.165, 1.54) is 31.2 Å². The Morgan fingerprint density at radius 3 is 2.61 bits per heavy atom. The summed E-state index contributed by atoms with van der Waals surface area (Å²) in [5.41, 5.74) is 1.47. The summed E-state index contributed by atoms with van der Waals surface area (Å²) in [4.78, 5) is 18.5. The minimum Gasteiger partial charge on any atom is -0.359 e. The Labute approximate surface area is 173 Å². The molecule has 0 atom stereocenters. The van der Waals surface area contributed by atoms with Crippen molar-refractivity contribution in [1.29, 1.82) is 0 Å². The van der Waals surface area contributed by atoms with Crippen molar-refractivity contribution in [2.75, 3.05) is 33.7 Å². The van der Waals surface area contributed by atoms with Crippen LogP contribution in [-0.4, -0.2) is 50.5 Å². The van der Waals surface area contributed by atoms with Crippen molar-refractivity contribution >= 4 is 23.5 Å². The predicted molar refractivity (Wildman–Crippen MR) is 116 cm³/mol. The van der Waals surface area contributed by atoms with Gasteiger partial charge < -0.3 is 15.5 Å². The molecule has 2 fully saturated rings. The second kappa shape index (κ2) is 9.64. The normalized spacial score (nSPS) is 20.2. The van der Waals surface area contributed by atoms with E-state index in [-0.39, 0.29) is 11.3 Å². The second-order valence-corrected chi connectivity index (χ2v) is 8.64. The summed E-state index contributed by atoms with van der Waals surface area (Å²) in [6, 6.07) is 8.35. The van der Waals surface area contributed by atoms with Crippen molar-refractivity contribution in [3.05, 3.63) is 34.9 Å². The molecule has 3 rings (SSSR count). The lowest BCUT2D eigenvalue weighted by Gasteiger charge is -2.36. The maximum atomic E-state index is 11.6. The fourth-order valence-electron chi connectivity index (χ4n) is 4.73. The molecule has 0 aromatic heterocycles. The highest BCUT2D eigenvalue weighted by Gasteiger charge is 2.36. The van der Waals surface area contributed by atoms with E-state index in [9.17, 15) is 4.79 Å². The predicted octanol–water partition coefficient (Wildman–Crippen LogP) is 3.58. The average Bonchev–Trinajstić information content (AvgIpc) is 3.20. The molecular formula is C22H33ClN4O. The summed E-state index contributed by atoms with van der Waals surface area (Å²) in [7, 11) is 3.57. The fourth-order valence-corrected chi connectivity index (χ4v) is 4.92. The number of carbonyl (C=O) groups is 1. The molecule has 5 nitrogen and oxygen atoms in total. The van der Waals surface area contributed by atoms with Crippen LogP contribution in [0.5, 0.6) is 0 Å². The molecule has 1 aliphatic carbocycles. The van der Waals surface area contributed by atoms with Crippen molar-refractivity contribution in [3.63, 3.8) is 0 Å². The quantitative estimate of drug-likeness (QED) is 0.582. The van der Waals surface area contributed by atoms with Crippen molar-refractivity contribution < 1.29 is 4.79 Å². The van der Waals surface area contributed by atoms with Gasteiger partial charge in [-0.25, -0.2) is 0 Å². The molecule has 154 valence electrons. The van der Waals surface area contributed by atoms with Crippen molar-refractivity contribution in [2.24, 2.45) is 10.9 Å². The highest BCUT2D eigenvalue weighted by atomic mass is 35.5. The lowest BCUT2D eigenvalue weighted by molar-refractivity contribution is -0.121. The molecule has 1 saturated heterocycles. The summed E-state index contributed by atoms with van der Waals surface area (Å²) in [5, 5.41) is 7.21. The van der Waals surface area contributed by atoms with Gasteiger partial charge in [-0.05, 0) is 49.3 Å². The lowest BCUT2D eigenvalue weighted by atomic mass is 9.79. The zero-order chi connectivity index (χ0) is 20.0. The molecule has 0 radical (unpaired) electrons. The third kappa shape index (κ3) is 4.99. The van der Waals surface area contributed by atoms with Crippen LogP contribution in [0.3, 0.4) is 0 Å². The van der Waals surface area contributed by atoms with Gasteiger partial charge >= 0.3 is 0 Å². The van der Waals surface area contributed by atoms with E-state index in [1.54, 1.807) is 7.05 Å². The van der Waals surface area contributed by atoms with Gasteiger partial charge in [0.25, 0.3) is 0 Å². The maximum absolute atomic E-state index is 11.6. The largest absolute Gasteiger partial charge is 0.359 e. The first kappa shape index (κ1) is 21.0. The van der Waals surface area contributed by atoms with Crippen LogP contribution in [0.4, 0.5) is 0 Å². The first-order valence-corrected chi connectivity index (χ1v) is 10.9. The molecule has 1 aliphatic heterocycles. The van der Waals surface area contributed by atoms with E-state index in [1.807, 2.05) is 13.1 Å².